The number of carbonyl (C=O) groups excluding carboxylic acids is 1. The number of nitrogens with zero attached hydrogens (tertiary/aromatic N) is 2. The number of hydrogen-bond donors (Lipinski definition) is 2. The van der Waals surface area contributed by atoms with E-state index in [2.05, 4.69) is 5.32 Å². The maximum absolute atomic E-state index is 12.1. The lowest BCUT2D eigenvalue weighted by molar-refractivity contribution is 0.258. The average Bonchev–Trinajstić information content (AvgIpc) is 2.48. The normalized spacial score (nSPS) is 9.60. The number of carbonyl (C=O) groups is 1. The van der Waals surface area contributed by atoms with Gasteiger partial charge in [-0.25, -0.2) is 4.79 Å². The van der Waals surface area contributed by atoms with E-state index < -0.39 is 0 Å². The number of nitrogen functional groups attached to an aromatic ring is 1. The summed E-state index contributed by atoms with van der Waals surface area (Å²) in [6.07, 6.45) is 0. The van der Waals surface area contributed by atoms with Crippen molar-refractivity contribution in [3.8, 4) is 6.07 Å². The lowest BCUT2D eigenvalue weighted by atomic mass is 10.2. The second kappa shape index (κ2) is 5.76. The van der Waals surface area contributed by atoms with Crippen LogP contribution in [0.1, 0.15) is 5.56 Å². The molecule has 2 rings (SSSR count). The molecule has 0 spiro atoms. The Bertz CT molecular complexity index is 641. The van der Waals surface area contributed by atoms with Gasteiger partial charge in [-0.1, -0.05) is 0 Å². The van der Waals surface area contributed by atoms with E-state index in [1.54, 1.807) is 55.6 Å². The molecule has 0 heterocycles. The van der Waals surface area contributed by atoms with E-state index >= 15 is 0 Å². The molecule has 0 saturated heterocycles. The molecule has 0 atom stereocenters. The number of hydrogen-bond acceptors (Lipinski definition) is 3. The molecule has 2 aromatic rings. The van der Waals surface area contributed by atoms with E-state index in [4.69, 9.17) is 11.0 Å². The van der Waals surface area contributed by atoms with Crippen LogP contribution >= 0.6 is 0 Å². The minimum Gasteiger partial charge on any atom is -0.399 e. The van der Waals surface area contributed by atoms with Crippen molar-refractivity contribution in [1.82, 2.24) is 0 Å². The third kappa shape index (κ3) is 3.06. The lowest BCUT2D eigenvalue weighted by Gasteiger charge is -2.18. The van der Waals surface area contributed by atoms with Crippen molar-refractivity contribution >= 4 is 23.1 Å². The first kappa shape index (κ1) is 13.4. The number of benzene rings is 2. The van der Waals surface area contributed by atoms with Gasteiger partial charge in [0.15, 0.2) is 0 Å². The predicted octanol–water partition coefficient (Wildman–Crippen LogP) is 2.81. The van der Waals surface area contributed by atoms with E-state index in [1.807, 2.05) is 6.07 Å². The van der Waals surface area contributed by atoms with E-state index in [9.17, 15) is 4.79 Å². The zero-order valence-electron chi connectivity index (χ0n) is 11.0. The maximum Gasteiger partial charge on any atom is 0.326 e. The van der Waals surface area contributed by atoms with Crippen molar-refractivity contribution < 1.29 is 4.79 Å². The van der Waals surface area contributed by atoms with Crippen LogP contribution in [0.2, 0.25) is 0 Å². The SMILES string of the molecule is CN(C(=O)Nc1ccc(C#N)cc1)c1ccc(N)cc1. The summed E-state index contributed by atoms with van der Waals surface area (Å²) in [5.41, 5.74) is 8.18. The van der Waals surface area contributed by atoms with Gasteiger partial charge in [-0.15, -0.1) is 0 Å². The zero-order valence-corrected chi connectivity index (χ0v) is 11.0. The monoisotopic (exact) mass is 266 g/mol. The topological polar surface area (TPSA) is 82.2 Å². The number of amides is 2. The van der Waals surface area contributed by atoms with Crippen LogP contribution in [-0.2, 0) is 0 Å². The van der Waals surface area contributed by atoms with Gasteiger partial charge in [0.2, 0.25) is 0 Å². The van der Waals surface area contributed by atoms with E-state index in [0.717, 1.165) is 5.69 Å². The molecule has 5 nitrogen and oxygen atoms in total. The van der Waals surface area contributed by atoms with Gasteiger partial charge in [0, 0.05) is 24.1 Å². The van der Waals surface area contributed by atoms with Crippen molar-refractivity contribution in [2.75, 3.05) is 23.0 Å². The molecule has 20 heavy (non-hydrogen) atoms. The third-order valence-electron chi connectivity index (χ3n) is 2.85. The number of nitrogens with two attached hydrogens (primary N) is 1. The second-order valence-electron chi connectivity index (χ2n) is 4.27. The van der Waals surface area contributed by atoms with Crippen LogP contribution in [0.25, 0.3) is 0 Å². The Morgan fingerprint density at radius 2 is 1.75 bits per heavy atom. The summed E-state index contributed by atoms with van der Waals surface area (Å²) in [5.74, 6) is 0. The molecule has 5 heteroatoms. The predicted molar refractivity (Wildman–Crippen MR) is 79.4 cm³/mol. The number of anilines is 3. The van der Waals surface area contributed by atoms with Gasteiger partial charge in [0.25, 0.3) is 0 Å². The molecule has 0 unspecified atom stereocenters. The maximum atomic E-state index is 12.1. The molecule has 0 aliphatic heterocycles. The summed E-state index contributed by atoms with van der Waals surface area (Å²) in [4.78, 5) is 13.6. The van der Waals surface area contributed by atoms with E-state index in [0.29, 0.717) is 16.9 Å². The second-order valence-corrected chi connectivity index (χ2v) is 4.27. The average molecular weight is 266 g/mol. The van der Waals surface area contributed by atoms with E-state index in [-0.39, 0.29) is 6.03 Å². The molecule has 100 valence electrons. The Hall–Kier alpha value is -3.00. The minimum absolute atomic E-state index is 0.264. The Labute approximate surface area is 117 Å². The first-order chi connectivity index (χ1) is 9.60. The van der Waals surface area contributed by atoms with Gasteiger partial charge in [-0.3, -0.25) is 4.90 Å². The number of nitrogens with one attached hydrogen (secondary N) is 1. The molecule has 0 aromatic heterocycles. The molecule has 0 saturated carbocycles. The Morgan fingerprint density at radius 1 is 1.15 bits per heavy atom. The van der Waals surface area contributed by atoms with Gasteiger partial charge in [0.1, 0.15) is 0 Å². The van der Waals surface area contributed by atoms with Crippen LogP contribution in [0.15, 0.2) is 48.5 Å². The first-order valence-corrected chi connectivity index (χ1v) is 6.00. The number of urea groups is 1. The number of nitriles is 1. The number of rotatable bonds is 2. The van der Waals surface area contributed by atoms with Gasteiger partial charge in [-0.2, -0.15) is 5.26 Å². The summed E-state index contributed by atoms with van der Waals surface area (Å²) in [6, 6.07) is 15.5. The van der Waals surface area contributed by atoms with Crippen molar-refractivity contribution in [3.05, 3.63) is 54.1 Å². The minimum atomic E-state index is -0.264. The Kier molecular flexibility index (Phi) is 3.87. The van der Waals surface area contributed by atoms with Crippen molar-refractivity contribution in [2.24, 2.45) is 0 Å². The van der Waals surface area contributed by atoms with Gasteiger partial charge >= 0.3 is 6.03 Å². The quantitative estimate of drug-likeness (QED) is 0.820. The smallest absolute Gasteiger partial charge is 0.326 e. The molecule has 0 bridgehead atoms. The fraction of sp³-hybridized carbons (Fsp3) is 0.0667. The highest BCUT2D eigenvalue weighted by Crippen LogP contribution is 2.16. The molecule has 0 aliphatic carbocycles. The van der Waals surface area contributed by atoms with Crippen molar-refractivity contribution in [1.29, 1.82) is 5.26 Å². The highest BCUT2D eigenvalue weighted by atomic mass is 16.2. The fourth-order valence-corrected chi connectivity index (χ4v) is 1.65. The molecular formula is C15H14N4O. The van der Waals surface area contributed by atoms with Crippen LogP contribution in [0.4, 0.5) is 21.9 Å². The first-order valence-electron chi connectivity index (χ1n) is 6.00. The summed E-state index contributed by atoms with van der Waals surface area (Å²) >= 11 is 0. The highest BCUT2D eigenvalue weighted by molar-refractivity contribution is 6.01. The van der Waals surface area contributed by atoms with Crippen LogP contribution in [0, 0.1) is 11.3 Å². The summed E-state index contributed by atoms with van der Waals surface area (Å²) < 4.78 is 0. The van der Waals surface area contributed by atoms with Crippen molar-refractivity contribution in [2.45, 2.75) is 0 Å². The van der Waals surface area contributed by atoms with E-state index in [1.165, 1.54) is 4.90 Å². The molecule has 2 aromatic carbocycles. The summed E-state index contributed by atoms with van der Waals surface area (Å²) in [5, 5.41) is 11.5. The largest absolute Gasteiger partial charge is 0.399 e. The van der Waals surface area contributed by atoms with Crippen LogP contribution in [-0.4, -0.2) is 13.1 Å². The molecule has 0 aliphatic rings. The fourth-order valence-electron chi connectivity index (χ4n) is 1.65. The standard InChI is InChI=1S/C15H14N4O/c1-19(14-8-4-12(17)5-9-14)15(20)18-13-6-2-11(10-16)3-7-13/h2-9H,17H2,1H3,(H,18,20). The molecule has 0 fully saturated rings. The molecule has 0 radical (unpaired) electrons. The molecule has 2 amide bonds. The molecule has 3 N–H and O–H groups in total. The summed E-state index contributed by atoms with van der Waals surface area (Å²) in [6.45, 7) is 0. The van der Waals surface area contributed by atoms with Gasteiger partial charge < -0.3 is 11.1 Å². The molecular weight excluding hydrogens is 252 g/mol. The van der Waals surface area contributed by atoms with Gasteiger partial charge in [-0.05, 0) is 48.5 Å². The van der Waals surface area contributed by atoms with Crippen molar-refractivity contribution in [3.63, 3.8) is 0 Å². The van der Waals surface area contributed by atoms with Crippen LogP contribution < -0.4 is 16.0 Å². The Morgan fingerprint density at radius 3 is 2.30 bits per heavy atom. The summed E-state index contributed by atoms with van der Waals surface area (Å²) in [7, 11) is 1.67. The Balaban J connectivity index is 2.07. The zero-order chi connectivity index (χ0) is 14.5. The van der Waals surface area contributed by atoms with Gasteiger partial charge in [0.05, 0.1) is 11.6 Å². The van der Waals surface area contributed by atoms with Crippen LogP contribution in [0.5, 0.6) is 0 Å². The lowest BCUT2D eigenvalue weighted by Crippen LogP contribution is -2.31. The highest BCUT2D eigenvalue weighted by Gasteiger charge is 2.10. The third-order valence-corrected chi connectivity index (χ3v) is 2.85. The van der Waals surface area contributed by atoms with Crippen LogP contribution in [0.3, 0.4) is 0 Å².